The van der Waals surface area contributed by atoms with Crippen molar-refractivity contribution in [1.82, 2.24) is 0 Å². The van der Waals surface area contributed by atoms with E-state index >= 15 is 0 Å². The molecule has 0 unspecified atom stereocenters. The molecule has 0 aromatic heterocycles. The standard InChI is InChI=1S/C12H15IO2/c1-2-15-12(14)8-4-6-10-5-3-7-11(13)9-10/h3,5,7,9H,2,4,6,8H2,1H3. The molecule has 82 valence electrons. The van der Waals surface area contributed by atoms with Crippen LogP contribution in [0.25, 0.3) is 0 Å². The summed E-state index contributed by atoms with van der Waals surface area (Å²) in [4.78, 5) is 11.1. The molecular weight excluding hydrogens is 303 g/mol. The highest BCUT2D eigenvalue weighted by molar-refractivity contribution is 14.1. The minimum atomic E-state index is -0.0943. The average Bonchev–Trinajstić information content (AvgIpc) is 2.18. The zero-order valence-corrected chi connectivity index (χ0v) is 11.0. The highest BCUT2D eigenvalue weighted by atomic mass is 127. The molecule has 0 spiro atoms. The predicted octanol–water partition coefficient (Wildman–Crippen LogP) is 3.18. The summed E-state index contributed by atoms with van der Waals surface area (Å²) < 4.78 is 6.10. The van der Waals surface area contributed by atoms with Gasteiger partial charge in [0.05, 0.1) is 6.61 Å². The van der Waals surface area contributed by atoms with Crippen molar-refractivity contribution in [2.24, 2.45) is 0 Å². The number of halogens is 1. The molecule has 1 aromatic carbocycles. The quantitative estimate of drug-likeness (QED) is 0.616. The van der Waals surface area contributed by atoms with Crippen molar-refractivity contribution in [3.05, 3.63) is 33.4 Å². The summed E-state index contributed by atoms with van der Waals surface area (Å²) in [6.07, 6.45) is 2.31. The lowest BCUT2D eigenvalue weighted by Crippen LogP contribution is -2.03. The lowest BCUT2D eigenvalue weighted by Gasteiger charge is -2.02. The van der Waals surface area contributed by atoms with Crippen molar-refractivity contribution in [3.63, 3.8) is 0 Å². The first kappa shape index (κ1) is 12.5. The van der Waals surface area contributed by atoms with Crippen LogP contribution in [0.1, 0.15) is 25.3 Å². The number of carbonyl (C=O) groups is 1. The Bertz CT molecular complexity index is 323. The normalized spacial score (nSPS) is 10.0. The molecule has 15 heavy (non-hydrogen) atoms. The third-order valence-corrected chi connectivity index (χ3v) is 2.71. The number of ether oxygens (including phenoxy) is 1. The van der Waals surface area contributed by atoms with Gasteiger partial charge in [0, 0.05) is 9.99 Å². The molecule has 0 amide bonds. The molecular formula is C12H15IO2. The zero-order chi connectivity index (χ0) is 11.1. The van der Waals surface area contributed by atoms with Crippen molar-refractivity contribution in [2.75, 3.05) is 6.61 Å². The van der Waals surface area contributed by atoms with E-state index in [-0.39, 0.29) is 5.97 Å². The summed E-state index contributed by atoms with van der Waals surface area (Å²) in [5, 5.41) is 0. The molecule has 3 heteroatoms. The summed E-state index contributed by atoms with van der Waals surface area (Å²) in [6.45, 7) is 2.31. The SMILES string of the molecule is CCOC(=O)CCCc1cccc(I)c1. The van der Waals surface area contributed by atoms with E-state index in [4.69, 9.17) is 4.74 Å². The third-order valence-electron chi connectivity index (χ3n) is 2.04. The van der Waals surface area contributed by atoms with Crippen molar-refractivity contribution in [3.8, 4) is 0 Å². The highest BCUT2D eigenvalue weighted by Gasteiger charge is 2.01. The maximum atomic E-state index is 11.1. The molecule has 2 nitrogen and oxygen atoms in total. The molecule has 0 aliphatic rings. The number of rotatable bonds is 5. The van der Waals surface area contributed by atoms with Gasteiger partial charge >= 0.3 is 5.97 Å². The van der Waals surface area contributed by atoms with Crippen LogP contribution in [0, 0.1) is 3.57 Å². The fourth-order valence-corrected chi connectivity index (χ4v) is 1.97. The number of esters is 1. The number of aryl methyl sites for hydroxylation is 1. The second-order valence-corrected chi connectivity index (χ2v) is 4.53. The van der Waals surface area contributed by atoms with E-state index in [1.807, 2.05) is 13.0 Å². The fourth-order valence-electron chi connectivity index (χ4n) is 1.36. The summed E-state index contributed by atoms with van der Waals surface area (Å²) >= 11 is 2.29. The van der Waals surface area contributed by atoms with Crippen molar-refractivity contribution in [1.29, 1.82) is 0 Å². The third kappa shape index (κ3) is 5.16. The zero-order valence-electron chi connectivity index (χ0n) is 8.83. The molecule has 0 N–H and O–H groups in total. The van der Waals surface area contributed by atoms with E-state index in [0.717, 1.165) is 12.8 Å². The van der Waals surface area contributed by atoms with Crippen LogP contribution in [0.2, 0.25) is 0 Å². The van der Waals surface area contributed by atoms with Crippen LogP contribution in [0.3, 0.4) is 0 Å². The Kier molecular flexibility index (Phi) is 5.68. The predicted molar refractivity (Wildman–Crippen MR) is 68.7 cm³/mol. The van der Waals surface area contributed by atoms with Gasteiger partial charge in [-0.05, 0) is 60.1 Å². The Morgan fingerprint density at radius 2 is 2.27 bits per heavy atom. The summed E-state index contributed by atoms with van der Waals surface area (Å²) in [6, 6.07) is 8.34. The molecule has 0 fully saturated rings. The number of carbonyl (C=O) groups excluding carboxylic acids is 1. The average molecular weight is 318 g/mol. The Morgan fingerprint density at radius 3 is 2.93 bits per heavy atom. The monoisotopic (exact) mass is 318 g/mol. The fraction of sp³-hybridized carbons (Fsp3) is 0.417. The Hall–Kier alpha value is -0.580. The van der Waals surface area contributed by atoms with Gasteiger partial charge < -0.3 is 4.74 Å². The van der Waals surface area contributed by atoms with Gasteiger partial charge in [0.1, 0.15) is 0 Å². The molecule has 0 saturated heterocycles. The molecule has 1 aromatic rings. The van der Waals surface area contributed by atoms with Crippen molar-refractivity contribution in [2.45, 2.75) is 26.2 Å². The van der Waals surface area contributed by atoms with E-state index in [9.17, 15) is 4.79 Å². The van der Waals surface area contributed by atoms with Gasteiger partial charge in [-0.1, -0.05) is 12.1 Å². The van der Waals surface area contributed by atoms with Crippen LogP contribution in [0.15, 0.2) is 24.3 Å². The van der Waals surface area contributed by atoms with E-state index in [1.54, 1.807) is 0 Å². The van der Waals surface area contributed by atoms with E-state index in [2.05, 4.69) is 40.8 Å². The number of benzene rings is 1. The highest BCUT2D eigenvalue weighted by Crippen LogP contribution is 2.10. The first-order chi connectivity index (χ1) is 7.22. The first-order valence-electron chi connectivity index (χ1n) is 5.12. The topological polar surface area (TPSA) is 26.3 Å². The molecule has 0 radical (unpaired) electrons. The lowest BCUT2D eigenvalue weighted by molar-refractivity contribution is -0.143. The molecule has 0 bridgehead atoms. The van der Waals surface area contributed by atoms with Gasteiger partial charge in [-0.2, -0.15) is 0 Å². The van der Waals surface area contributed by atoms with Gasteiger partial charge in [0.15, 0.2) is 0 Å². The van der Waals surface area contributed by atoms with Crippen LogP contribution < -0.4 is 0 Å². The van der Waals surface area contributed by atoms with Crippen molar-refractivity contribution >= 4 is 28.6 Å². The van der Waals surface area contributed by atoms with Crippen LogP contribution in [0.5, 0.6) is 0 Å². The summed E-state index contributed by atoms with van der Waals surface area (Å²) in [7, 11) is 0. The maximum absolute atomic E-state index is 11.1. The lowest BCUT2D eigenvalue weighted by atomic mass is 10.1. The maximum Gasteiger partial charge on any atom is 0.305 e. The van der Waals surface area contributed by atoms with Crippen LogP contribution in [-0.4, -0.2) is 12.6 Å². The van der Waals surface area contributed by atoms with Gasteiger partial charge in [-0.3, -0.25) is 4.79 Å². The Balaban J connectivity index is 2.28. The molecule has 0 atom stereocenters. The smallest absolute Gasteiger partial charge is 0.305 e. The molecule has 0 saturated carbocycles. The minimum Gasteiger partial charge on any atom is -0.466 e. The van der Waals surface area contributed by atoms with E-state index in [1.165, 1.54) is 9.13 Å². The van der Waals surface area contributed by atoms with Gasteiger partial charge in [-0.15, -0.1) is 0 Å². The van der Waals surface area contributed by atoms with Crippen LogP contribution >= 0.6 is 22.6 Å². The first-order valence-corrected chi connectivity index (χ1v) is 6.20. The Morgan fingerprint density at radius 1 is 1.47 bits per heavy atom. The summed E-state index contributed by atoms with van der Waals surface area (Å²) in [5.74, 6) is -0.0943. The van der Waals surface area contributed by atoms with E-state index in [0.29, 0.717) is 13.0 Å². The summed E-state index contributed by atoms with van der Waals surface area (Å²) in [5.41, 5.74) is 1.28. The number of hydrogen-bond acceptors (Lipinski definition) is 2. The molecule has 0 aliphatic heterocycles. The second kappa shape index (κ2) is 6.82. The van der Waals surface area contributed by atoms with Crippen LogP contribution in [-0.2, 0) is 16.0 Å². The van der Waals surface area contributed by atoms with Crippen LogP contribution in [0.4, 0.5) is 0 Å². The van der Waals surface area contributed by atoms with E-state index < -0.39 is 0 Å². The minimum absolute atomic E-state index is 0.0943. The Labute approximate surface area is 104 Å². The van der Waals surface area contributed by atoms with Crippen molar-refractivity contribution < 1.29 is 9.53 Å². The van der Waals surface area contributed by atoms with Gasteiger partial charge in [0.25, 0.3) is 0 Å². The largest absolute Gasteiger partial charge is 0.466 e. The second-order valence-electron chi connectivity index (χ2n) is 3.29. The van der Waals surface area contributed by atoms with Gasteiger partial charge in [-0.25, -0.2) is 0 Å². The molecule has 0 aliphatic carbocycles. The number of hydrogen-bond donors (Lipinski definition) is 0. The molecule has 1 rings (SSSR count). The molecule has 0 heterocycles. The van der Waals surface area contributed by atoms with Gasteiger partial charge in [0.2, 0.25) is 0 Å².